The average molecular weight is 222 g/mol. The molecule has 0 radical (unpaired) electrons. The Kier molecular flexibility index (Phi) is 4.43. The Morgan fingerprint density at radius 1 is 1.00 bits per heavy atom. The zero-order valence-electron chi connectivity index (χ0n) is 8.69. The molecule has 6 N–H and O–H groups in total. The minimum Gasteiger partial charge on any atom is -0.294 e. The van der Waals surface area contributed by atoms with Gasteiger partial charge in [0.2, 0.25) is 11.8 Å². The maximum absolute atomic E-state index is 11.0. The van der Waals surface area contributed by atoms with Crippen molar-refractivity contribution in [2.24, 2.45) is 11.7 Å². The highest BCUT2D eigenvalue weighted by Gasteiger charge is 2.04. The van der Waals surface area contributed by atoms with E-state index in [9.17, 15) is 9.59 Å². The van der Waals surface area contributed by atoms with Crippen LogP contribution in [-0.2, 0) is 22.4 Å². The normalized spacial score (nSPS) is 9.62. The molecule has 0 bridgehead atoms. The van der Waals surface area contributed by atoms with Crippen LogP contribution in [-0.4, -0.2) is 11.8 Å². The molecule has 0 saturated heterocycles. The molecule has 16 heavy (non-hydrogen) atoms. The zero-order chi connectivity index (χ0) is 12.0. The van der Waals surface area contributed by atoms with Gasteiger partial charge < -0.3 is 0 Å². The van der Waals surface area contributed by atoms with Gasteiger partial charge in [0, 0.05) is 0 Å². The lowest BCUT2D eigenvalue weighted by Gasteiger charge is -2.04. The first-order valence-corrected chi connectivity index (χ1v) is 4.72. The summed E-state index contributed by atoms with van der Waals surface area (Å²) in [6, 6.07) is 7.13. The lowest BCUT2D eigenvalue weighted by atomic mass is 10.1. The molecule has 2 amide bonds. The van der Waals surface area contributed by atoms with E-state index in [1.54, 1.807) is 24.3 Å². The van der Waals surface area contributed by atoms with Crippen molar-refractivity contribution >= 4 is 11.8 Å². The molecule has 1 rings (SSSR count). The number of carbonyl (C=O) groups is 2. The van der Waals surface area contributed by atoms with Gasteiger partial charge in [0.1, 0.15) is 0 Å². The van der Waals surface area contributed by atoms with E-state index in [2.05, 4.69) is 0 Å². The number of nitrogens with two attached hydrogens (primary N) is 2. The molecule has 0 aliphatic carbocycles. The molecule has 86 valence electrons. The maximum atomic E-state index is 11.0. The SMILES string of the molecule is NNC(=O)Cc1cccc(CC(=O)NN)c1. The third-order valence-electron chi connectivity index (χ3n) is 2.04. The van der Waals surface area contributed by atoms with Crippen LogP contribution >= 0.6 is 0 Å². The van der Waals surface area contributed by atoms with Crippen LogP contribution in [0.1, 0.15) is 11.1 Å². The lowest BCUT2D eigenvalue weighted by molar-refractivity contribution is -0.121. The van der Waals surface area contributed by atoms with Gasteiger partial charge >= 0.3 is 0 Å². The van der Waals surface area contributed by atoms with Gasteiger partial charge in [-0.15, -0.1) is 0 Å². The Balaban J connectivity index is 2.71. The number of nitrogens with one attached hydrogen (secondary N) is 2. The number of hydrazine groups is 2. The van der Waals surface area contributed by atoms with Crippen molar-refractivity contribution in [2.45, 2.75) is 12.8 Å². The summed E-state index contributed by atoms with van der Waals surface area (Å²) >= 11 is 0. The van der Waals surface area contributed by atoms with Crippen molar-refractivity contribution in [3.05, 3.63) is 35.4 Å². The van der Waals surface area contributed by atoms with Crippen LogP contribution in [0.25, 0.3) is 0 Å². The molecule has 0 unspecified atom stereocenters. The molecular weight excluding hydrogens is 208 g/mol. The van der Waals surface area contributed by atoms with Crippen LogP contribution < -0.4 is 22.5 Å². The summed E-state index contributed by atoms with van der Waals surface area (Å²) < 4.78 is 0. The van der Waals surface area contributed by atoms with Crippen molar-refractivity contribution in [1.29, 1.82) is 0 Å². The fourth-order valence-electron chi connectivity index (χ4n) is 1.32. The number of hydrogen-bond acceptors (Lipinski definition) is 4. The monoisotopic (exact) mass is 222 g/mol. The summed E-state index contributed by atoms with van der Waals surface area (Å²) in [7, 11) is 0. The van der Waals surface area contributed by atoms with Gasteiger partial charge in [0.05, 0.1) is 12.8 Å². The molecular formula is C10H14N4O2. The van der Waals surface area contributed by atoms with Crippen LogP contribution in [0.15, 0.2) is 24.3 Å². The Hall–Kier alpha value is -1.92. The Morgan fingerprint density at radius 3 is 1.81 bits per heavy atom. The van der Waals surface area contributed by atoms with E-state index >= 15 is 0 Å². The van der Waals surface area contributed by atoms with Crippen LogP contribution in [0.2, 0.25) is 0 Å². The first-order valence-electron chi connectivity index (χ1n) is 4.72. The largest absolute Gasteiger partial charge is 0.294 e. The quantitative estimate of drug-likeness (QED) is 0.290. The Bertz CT molecular complexity index is 359. The molecule has 1 aromatic carbocycles. The number of rotatable bonds is 4. The van der Waals surface area contributed by atoms with Crippen LogP contribution in [0.5, 0.6) is 0 Å². The van der Waals surface area contributed by atoms with Crippen molar-refractivity contribution in [1.82, 2.24) is 10.9 Å². The molecule has 0 spiro atoms. The van der Waals surface area contributed by atoms with E-state index < -0.39 is 0 Å². The van der Waals surface area contributed by atoms with Crippen molar-refractivity contribution in [3.63, 3.8) is 0 Å². The minimum absolute atomic E-state index is 0.189. The number of hydrogen-bond donors (Lipinski definition) is 4. The van der Waals surface area contributed by atoms with Crippen LogP contribution in [0, 0.1) is 0 Å². The summed E-state index contributed by atoms with van der Waals surface area (Å²) in [5.41, 5.74) is 5.69. The van der Waals surface area contributed by atoms with E-state index in [0.717, 1.165) is 11.1 Å². The van der Waals surface area contributed by atoms with Crippen molar-refractivity contribution in [3.8, 4) is 0 Å². The van der Waals surface area contributed by atoms with Crippen molar-refractivity contribution < 1.29 is 9.59 Å². The first-order chi connectivity index (χ1) is 7.65. The highest BCUT2D eigenvalue weighted by atomic mass is 16.2. The van der Waals surface area contributed by atoms with Gasteiger partial charge in [-0.3, -0.25) is 20.4 Å². The first kappa shape index (κ1) is 12.2. The smallest absolute Gasteiger partial charge is 0.238 e. The van der Waals surface area contributed by atoms with E-state index in [1.807, 2.05) is 10.9 Å². The van der Waals surface area contributed by atoms with E-state index in [-0.39, 0.29) is 24.7 Å². The van der Waals surface area contributed by atoms with Gasteiger partial charge in [-0.1, -0.05) is 24.3 Å². The number of amides is 2. The van der Waals surface area contributed by atoms with E-state index in [1.165, 1.54) is 0 Å². The molecule has 0 aliphatic heterocycles. The second-order valence-corrected chi connectivity index (χ2v) is 3.31. The summed E-state index contributed by atoms with van der Waals surface area (Å²) in [6.45, 7) is 0. The van der Waals surface area contributed by atoms with Crippen molar-refractivity contribution in [2.75, 3.05) is 0 Å². The summed E-state index contributed by atoms with van der Waals surface area (Å²) in [5, 5.41) is 0. The molecule has 0 aromatic heterocycles. The second kappa shape index (κ2) is 5.84. The fraction of sp³-hybridized carbons (Fsp3) is 0.200. The Morgan fingerprint density at radius 2 is 1.44 bits per heavy atom. The summed E-state index contributed by atoms with van der Waals surface area (Å²) in [4.78, 5) is 22.1. The van der Waals surface area contributed by atoms with Gasteiger partial charge in [-0.2, -0.15) is 0 Å². The third-order valence-corrected chi connectivity index (χ3v) is 2.04. The highest BCUT2D eigenvalue weighted by Crippen LogP contribution is 2.06. The maximum Gasteiger partial charge on any atom is 0.238 e. The standard InChI is InChI=1S/C10H14N4O2/c11-13-9(15)5-7-2-1-3-8(4-7)6-10(16)14-12/h1-4H,5-6,11-12H2,(H,13,15)(H,14,16). The molecule has 6 nitrogen and oxygen atoms in total. The predicted molar refractivity (Wildman–Crippen MR) is 58.5 cm³/mol. The topological polar surface area (TPSA) is 110 Å². The minimum atomic E-state index is -0.277. The average Bonchev–Trinajstić information content (AvgIpc) is 2.29. The predicted octanol–water partition coefficient (Wildman–Crippen LogP) is -1.25. The third kappa shape index (κ3) is 3.68. The summed E-state index contributed by atoms with van der Waals surface area (Å²) in [5.74, 6) is 9.41. The molecule has 0 fully saturated rings. The molecule has 0 aliphatic rings. The summed E-state index contributed by atoms with van der Waals surface area (Å²) in [6.07, 6.45) is 0.378. The van der Waals surface area contributed by atoms with E-state index in [0.29, 0.717) is 0 Å². The Labute approximate surface area is 92.9 Å². The van der Waals surface area contributed by atoms with Gasteiger partial charge in [0.15, 0.2) is 0 Å². The molecule has 1 aromatic rings. The second-order valence-electron chi connectivity index (χ2n) is 3.31. The van der Waals surface area contributed by atoms with Gasteiger partial charge in [0.25, 0.3) is 0 Å². The van der Waals surface area contributed by atoms with Gasteiger partial charge in [-0.05, 0) is 11.1 Å². The molecule has 0 saturated carbocycles. The zero-order valence-corrected chi connectivity index (χ0v) is 8.69. The molecule has 0 heterocycles. The molecule has 0 atom stereocenters. The van der Waals surface area contributed by atoms with Crippen LogP contribution in [0.4, 0.5) is 0 Å². The highest BCUT2D eigenvalue weighted by molar-refractivity contribution is 5.79. The number of benzene rings is 1. The van der Waals surface area contributed by atoms with Crippen LogP contribution in [0.3, 0.4) is 0 Å². The van der Waals surface area contributed by atoms with E-state index in [4.69, 9.17) is 11.7 Å². The fourth-order valence-corrected chi connectivity index (χ4v) is 1.32. The number of carbonyl (C=O) groups excluding carboxylic acids is 2. The molecule has 6 heteroatoms. The lowest BCUT2D eigenvalue weighted by Crippen LogP contribution is -2.32. The van der Waals surface area contributed by atoms with Gasteiger partial charge in [-0.25, -0.2) is 11.7 Å².